The van der Waals surface area contributed by atoms with Crippen molar-refractivity contribution in [2.75, 3.05) is 6.67 Å². The molecule has 1 N–H and O–H groups in total. The van der Waals surface area contributed by atoms with E-state index in [1.807, 2.05) is 12.1 Å². The molecule has 2 rings (SSSR count). The van der Waals surface area contributed by atoms with E-state index in [1.165, 1.54) is 0 Å². The summed E-state index contributed by atoms with van der Waals surface area (Å²) >= 11 is 11.8. The summed E-state index contributed by atoms with van der Waals surface area (Å²) in [5.74, 6) is 0.697. The van der Waals surface area contributed by atoms with Gasteiger partial charge in [0.05, 0.1) is 6.21 Å². The van der Waals surface area contributed by atoms with E-state index in [2.05, 4.69) is 10.3 Å². The lowest BCUT2D eigenvalue weighted by Gasteiger charge is -2.10. The molecule has 84 valence electrons. The molecule has 0 spiro atoms. The molecule has 0 saturated heterocycles. The SMILES string of the molecule is Clc1cc(Cl)cc(COC2=CNCN=C2)c1. The van der Waals surface area contributed by atoms with Crippen LogP contribution < -0.4 is 5.32 Å². The number of hydrogen-bond acceptors (Lipinski definition) is 3. The van der Waals surface area contributed by atoms with E-state index in [0.717, 1.165) is 5.56 Å². The molecule has 1 aliphatic rings. The summed E-state index contributed by atoms with van der Waals surface area (Å²) in [6.07, 6.45) is 3.46. The van der Waals surface area contributed by atoms with Crippen LogP contribution in [0.15, 0.2) is 35.2 Å². The van der Waals surface area contributed by atoms with Crippen LogP contribution in [0.1, 0.15) is 5.56 Å². The summed E-state index contributed by atoms with van der Waals surface area (Å²) in [4.78, 5) is 4.02. The molecule has 1 aliphatic heterocycles. The van der Waals surface area contributed by atoms with Crippen molar-refractivity contribution in [1.29, 1.82) is 0 Å². The van der Waals surface area contributed by atoms with Crippen molar-refractivity contribution in [3.05, 3.63) is 45.8 Å². The van der Waals surface area contributed by atoms with Gasteiger partial charge < -0.3 is 10.1 Å². The largest absolute Gasteiger partial charge is 0.486 e. The maximum absolute atomic E-state index is 5.88. The molecule has 0 radical (unpaired) electrons. The van der Waals surface area contributed by atoms with Crippen molar-refractivity contribution in [3.8, 4) is 0 Å². The van der Waals surface area contributed by atoms with Gasteiger partial charge in [-0.1, -0.05) is 23.2 Å². The van der Waals surface area contributed by atoms with Gasteiger partial charge in [-0.3, -0.25) is 4.99 Å². The average molecular weight is 257 g/mol. The quantitative estimate of drug-likeness (QED) is 0.903. The van der Waals surface area contributed by atoms with Gasteiger partial charge in [0.1, 0.15) is 13.3 Å². The first kappa shape index (κ1) is 11.3. The molecule has 0 aliphatic carbocycles. The summed E-state index contributed by atoms with van der Waals surface area (Å²) in [5.41, 5.74) is 0.928. The van der Waals surface area contributed by atoms with E-state index in [4.69, 9.17) is 27.9 Å². The van der Waals surface area contributed by atoms with Gasteiger partial charge in [-0.15, -0.1) is 0 Å². The fourth-order valence-corrected chi connectivity index (χ4v) is 1.88. The van der Waals surface area contributed by atoms with E-state index in [-0.39, 0.29) is 0 Å². The number of benzene rings is 1. The Labute approximate surface area is 104 Å². The highest BCUT2D eigenvalue weighted by Gasteiger charge is 2.02. The van der Waals surface area contributed by atoms with Crippen molar-refractivity contribution >= 4 is 29.4 Å². The number of rotatable bonds is 3. The Bertz CT molecular complexity index is 423. The van der Waals surface area contributed by atoms with Gasteiger partial charge in [-0.25, -0.2) is 0 Å². The third kappa shape index (κ3) is 3.15. The number of hydrogen-bond donors (Lipinski definition) is 1. The maximum Gasteiger partial charge on any atom is 0.153 e. The Hall–Kier alpha value is -1.19. The number of ether oxygens (including phenoxy) is 1. The minimum Gasteiger partial charge on any atom is -0.486 e. The van der Waals surface area contributed by atoms with Crippen LogP contribution in [0.2, 0.25) is 10.0 Å². The number of nitrogens with one attached hydrogen (secondary N) is 1. The lowest BCUT2D eigenvalue weighted by Crippen LogP contribution is -2.13. The standard InChI is InChI=1S/C11H10Cl2N2O/c12-9-1-8(2-10(13)3-9)6-16-11-4-14-7-15-5-11/h1-5,14H,6-7H2. The second-order valence-electron chi connectivity index (χ2n) is 3.29. The zero-order valence-electron chi connectivity index (χ0n) is 8.41. The Morgan fingerprint density at radius 3 is 2.62 bits per heavy atom. The fraction of sp³-hybridized carbons (Fsp3) is 0.182. The van der Waals surface area contributed by atoms with Gasteiger partial charge in [0.2, 0.25) is 0 Å². The number of allylic oxidation sites excluding steroid dienone is 1. The van der Waals surface area contributed by atoms with Gasteiger partial charge in [0.25, 0.3) is 0 Å². The Kier molecular flexibility index (Phi) is 3.70. The molecular weight excluding hydrogens is 247 g/mol. The van der Waals surface area contributed by atoms with E-state index in [0.29, 0.717) is 29.1 Å². The number of aliphatic imine (C=N–C) groups is 1. The molecule has 0 atom stereocenters. The van der Waals surface area contributed by atoms with Crippen LogP contribution in [0.5, 0.6) is 0 Å². The summed E-state index contributed by atoms with van der Waals surface area (Å²) in [6, 6.07) is 5.33. The molecule has 0 aromatic heterocycles. The summed E-state index contributed by atoms with van der Waals surface area (Å²) < 4.78 is 5.51. The topological polar surface area (TPSA) is 33.6 Å². The Morgan fingerprint density at radius 1 is 1.25 bits per heavy atom. The molecule has 16 heavy (non-hydrogen) atoms. The normalized spacial score (nSPS) is 14.2. The molecule has 1 aromatic rings. The minimum absolute atomic E-state index is 0.416. The van der Waals surface area contributed by atoms with E-state index < -0.39 is 0 Å². The number of halogens is 2. The monoisotopic (exact) mass is 256 g/mol. The molecule has 3 nitrogen and oxygen atoms in total. The van der Waals surface area contributed by atoms with E-state index in [9.17, 15) is 0 Å². The Balaban J connectivity index is 1.99. The van der Waals surface area contributed by atoms with Crippen LogP contribution in [-0.4, -0.2) is 12.9 Å². The van der Waals surface area contributed by atoms with Crippen LogP contribution in [0.4, 0.5) is 0 Å². The third-order valence-electron chi connectivity index (χ3n) is 1.97. The van der Waals surface area contributed by atoms with Gasteiger partial charge in [-0.05, 0) is 23.8 Å². The number of nitrogens with zero attached hydrogens (tertiary/aromatic N) is 1. The molecule has 1 aromatic carbocycles. The summed E-state index contributed by atoms with van der Waals surface area (Å²) in [6.45, 7) is 1.01. The maximum atomic E-state index is 5.88. The van der Waals surface area contributed by atoms with Crippen LogP contribution >= 0.6 is 23.2 Å². The van der Waals surface area contributed by atoms with E-state index >= 15 is 0 Å². The predicted molar refractivity (Wildman–Crippen MR) is 65.8 cm³/mol. The molecule has 5 heteroatoms. The Morgan fingerprint density at radius 2 is 2.00 bits per heavy atom. The first-order valence-electron chi connectivity index (χ1n) is 4.75. The van der Waals surface area contributed by atoms with Crippen molar-refractivity contribution < 1.29 is 4.74 Å². The van der Waals surface area contributed by atoms with Crippen LogP contribution in [0.25, 0.3) is 0 Å². The smallest absolute Gasteiger partial charge is 0.153 e. The molecular formula is C11H10Cl2N2O. The van der Waals surface area contributed by atoms with Crippen LogP contribution in [-0.2, 0) is 11.3 Å². The molecule has 0 unspecified atom stereocenters. The molecule has 0 fully saturated rings. The fourth-order valence-electron chi connectivity index (χ4n) is 1.31. The van der Waals surface area contributed by atoms with Crippen LogP contribution in [0.3, 0.4) is 0 Å². The van der Waals surface area contributed by atoms with Crippen molar-refractivity contribution in [3.63, 3.8) is 0 Å². The third-order valence-corrected chi connectivity index (χ3v) is 2.41. The van der Waals surface area contributed by atoms with Gasteiger partial charge in [0.15, 0.2) is 5.76 Å². The highest BCUT2D eigenvalue weighted by molar-refractivity contribution is 6.34. The molecule has 1 heterocycles. The van der Waals surface area contributed by atoms with Crippen LogP contribution in [0, 0.1) is 0 Å². The molecule has 0 bridgehead atoms. The van der Waals surface area contributed by atoms with Crippen molar-refractivity contribution in [2.24, 2.45) is 4.99 Å². The predicted octanol–water partition coefficient (Wildman–Crippen LogP) is 2.98. The summed E-state index contributed by atoms with van der Waals surface area (Å²) in [7, 11) is 0. The van der Waals surface area contributed by atoms with E-state index in [1.54, 1.807) is 18.5 Å². The first-order valence-corrected chi connectivity index (χ1v) is 5.51. The van der Waals surface area contributed by atoms with Gasteiger partial charge in [-0.2, -0.15) is 0 Å². The highest BCUT2D eigenvalue weighted by Crippen LogP contribution is 2.20. The van der Waals surface area contributed by atoms with Crippen molar-refractivity contribution in [1.82, 2.24) is 5.32 Å². The van der Waals surface area contributed by atoms with Crippen molar-refractivity contribution in [2.45, 2.75) is 6.61 Å². The lowest BCUT2D eigenvalue weighted by molar-refractivity contribution is 0.216. The minimum atomic E-state index is 0.416. The zero-order valence-corrected chi connectivity index (χ0v) is 9.92. The highest BCUT2D eigenvalue weighted by atomic mass is 35.5. The molecule has 0 saturated carbocycles. The second-order valence-corrected chi connectivity index (χ2v) is 4.16. The first-order chi connectivity index (χ1) is 7.74. The zero-order chi connectivity index (χ0) is 11.4. The average Bonchev–Trinajstić information content (AvgIpc) is 2.27. The molecule has 0 amide bonds. The van der Waals surface area contributed by atoms with Gasteiger partial charge in [0, 0.05) is 16.2 Å². The van der Waals surface area contributed by atoms with Gasteiger partial charge >= 0.3 is 0 Å². The lowest BCUT2D eigenvalue weighted by atomic mass is 10.2. The summed E-state index contributed by atoms with van der Waals surface area (Å²) in [5, 5.41) is 4.17. The second kappa shape index (κ2) is 5.23.